The number of hydrogen-bond donors (Lipinski definition) is 2. The standard InChI is InChI=1S/C18H20Cl2N2O3S/c1-4-12-7-5-6-8-16(12)21-18(23)13-9-17(15(20)10-14(13)19)26(24,25)22-11(2)3/h5-11,22H,4H2,1-3H3,(H,21,23). The molecule has 0 aliphatic heterocycles. The minimum atomic E-state index is -3.87. The molecule has 140 valence electrons. The van der Waals surface area contributed by atoms with Crippen LogP contribution < -0.4 is 10.0 Å². The normalized spacial score (nSPS) is 11.6. The maximum absolute atomic E-state index is 12.7. The lowest BCUT2D eigenvalue weighted by Gasteiger charge is -2.14. The molecule has 2 aromatic carbocycles. The maximum Gasteiger partial charge on any atom is 0.257 e. The van der Waals surface area contributed by atoms with E-state index in [9.17, 15) is 13.2 Å². The highest BCUT2D eigenvalue weighted by Crippen LogP contribution is 2.29. The average Bonchev–Trinajstić information content (AvgIpc) is 2.53. The van der Waals surface area contributed by atoms with Crippen molar-refractivity contribution >= 4 is 44.8 Å². The maximum atomic E-state index is 12.7. The molecular weight excluding hydrogens is 395 g/mol. The Morgan fingerprint density at radius 2 is 1.77 bits per heavy atom. The predicted octanol–water partition coefficient (Wildman–Crippen LogP) is 4.49. The van der Waals surface area contributed by atoms with Gasteiger partial charge in [0.05, 0.1) is 15.6 Å². The molecule has 0 radical (unpaired) electrons. The van der Waals surface area contributed by atoms with E-state index in [0.717, 1.165) is 12.0 Å². The lowest BCUT2D eigenvalue weighted by molar-refractivity contribution is 0.102. The van der Waals surface area contributed by atoms with Crippen molar-refractivity contribution < 1.29 is 13.2 Å². The molecule has 0 spiro atoms. The number of aryl methyl sites for hydroxylation is 1. The molecule has 2 aromatic rings. The summed E-state index contributed by atoms with van der Waals surface area (Å²) in [6.45, 7) is 5.36. The van der Waals surface area contributed by atoms with E-state index in [1.165, 1.54) is 12.1 Å². The number of halogens is 2. The number of carbonyl (C=O) groups excluding carboxylic acids is 1. The van der Waals surface area contributed by atoms with Crippen LogP contribution in [0, 0.1) is 0 Å². The third-order valence-electron chi connectivity index (χ3n) is 3.59. The topological polar surface area (TPSA) is 75.3 Å². The summed E-state index contributed by atoms with van der Waals surface area (Å²) >= 11 is 12.2. The summed E-state index contributed by atoms with van der Waals surface area (Å²) in [5, 5.41) is 2.80. The van der Waals surface area contributed by atoms with Gasteiger partial charge in [0.15, 0.2) is 0 Å². The van der Waals surface area contributed by atoms with Crippen molar-refractivity contribution in [1.82, 2.24) is 4.72 Å². The summed E-state index contributed by atoms with van der Waals surface area (Å²) < 4.78 is 27.3. The third kappa shape index (κ3) is 4.76. The van der Waals surface area contributed by atoms with Crippen LogP contribution in [0.2, 0.25) is 10.0 Å². The van der Waals surface area contributed by atoms with Crippen LogP contribution in [0.25, 0.3) is 0 Å². The van der Waals surface area contributed by atoms with E-state index in [1.54, 1.807) is 26.0 Å². The fraction of sp³-hybridized carbons (Fsp3) is 0.278. The van der Waals surface area contributed by atoms with Gasteiger partial charge in [-0.15, -0.1) is 0 Å². The van der Waals surface area contributed by atoms with E-state index >= 15 is 0 Å². The second kappa shape index (κ2) is 8.39. The van der Waals surface area contributed by atoms with E-state index in [1.807, 2.05) is 19.1 Å². The lowest BCUT2D eigenvalue weighted by atomic mass is 10.1. The van der Waals surface area contributed by atoms with E-state index in [0.29, 0.717) is 5.69 Å². The van der Waals surface area contributed by atoms with Crippen LogP contribution in [0.15, 0.2) is 41.3 Å². The zero-order chi connectivity index (χ0) is 19.5. The van der Waals surface area contributed by atoms with E-state index in [2.05, 4.69) is 10.0 Å². The van der Waals surface area contributed by atoms with Gasteiger partial charge < -0.3 is 5.32 Å². The van der Waals surface area contributed by atoms with Crippen molar-refractivity contribution in [3.63, 3.8) is 0 Å². The van der Waals surface area contributed by atoms with Gasteiger partial charge in [0.25, 0.3) is 5.91 Å². The fourth-order valence-electron chi connectivity index (χ4n) is 2.42. The summed E-state index contributed by atoms with van der Waals surface area (Å²) in [5.41, 5.74) is 1.64. The van der Waals surface area contributed by atoms with Gasteiger partial charge in [-0.2, -0.15) is 0 Å². The second-order valence-electron chi connectivity index (χ2n) is 6.00. The molecule has 26 heavy (non-hydrogen) atoms. The summed E-state index contributed by atoms with van der Waals surface area (Å²) in [4.78, 5) is 12.5. The molecule has 0 fully saturated rings. The molecule has 0 unspecified atom stereocenters. The van der Waals surface area contributed by atoms with Crippen molar-refractivity contribution in [3.8, 4) is 0 Å². The fourth-order valence-corrected chi connectivity index (χ4v) is 4.53. The first-order valence-electron chi connectivity index (χ1n) is 8.06. The zero-order valence-electron chi connectivity index (χ0n) is 14.6. The molecule has 2 N–H and O–H groups in total. The van der Waals surface area contributed by atoms with Gasteiger partial charge >= 0.3 is 0 Å². The highest BCUT2D eigenvalue weighted by molar-refractivity contribution is 7.89. The Hall–Kier alpha value is -1.60. The van der Waals surface area contributed by atoms with Gasteiger partial charge in [-0.05, 0) is 44.0 Å². The Balaban J connectivity index is 2.43. The molecule has 0 saturated carbocycles. The molecule has 5 nitrogen and oxygen atoms in total. The number of amides is 1. The highest BCUT2D eigenvalue weighted by atomic mass is 35.5. The zero-order valence-corrected chi connectivity index (χ0v) is 17.0. The van der Waals surface area contributed by atoms with Gasteiger partial charge in [0.1, 0.15) is 4.90 Å². The van der Waals surface area contributed by atoms with E-state index in [4.69, 9.17) is 23.2 Å². The summed E-state index contributed by atoms with van der Waals surface area (Å²) in [6.07, 6.45) is 0.739. The molecule has 2 rings (SSSR count). The first-order valence-corrected chi connectivity index (χ1v) is 10.3. The summed E-state index contributed by atoms with van der Waals surface area (Å²) in [5.74, 6) is -0.506. The monoisotopic (exact) mass is 414 g/mol. The molecule has 0 aliphatic carbocycles. The molecule has 0 heterocycles. The third-order valence-corrected chi connectivity index (χ3v) is 6.03. The minimum Gasteiger partial charge on any atom is -0.322 e. The van der Waals surface area contributed by atoms with Gasteiger partial charge in [-0.25, -0.2) is 13.1 Å². The number of hydrogen-bond acceptors (Lipinski definition) is 3. The SMILES string of the molecule is CCc1ccccc1NC(=O)c1cc(S(=O)(=O)NC(C)C)c(Cl)cc1Cl. The number of anilines is 1. The van der Waals surface area contributed by atoms with Crippen LogP contribution in [0.1, 0.15) is 36.7 Å². The Bertz CT molecular complexity index is 928. The first-order chi connectivity index (χ1) is 12.2. The Kier molecular flexibility index (Phi) is 6.69. The van der Waals surface area contributed by atoms with Crippen molar-refractivity contribution in [2.45, 2.75) is 38.1 Å². The molecule has 1 amide bonds. The van der Waals surface area contributed by atoms with Crippen molar-refractivity contribution in [2.24, 2.45) is 0 Å². The van der Waals surface area contributed by atoms with Gasteiger partial charge in [-0.3, -0.25) is 4.79 Å². The second-order valence-corrected chi connectivity index (χ2v) is 8.50. The summed E-state index contributed by atoms with van der Waals surface area (Å²) in [6, 6.07) is 9.51. The van der Waals surface area contributed by atoms with Crippen molar-refractivity contribution in [1.29, 1.82) is 0 Å². The smallest absolute Gasteiger partial charge is 0.257 e. The van der Waals surface area contributed by atoms with Crippen LogP contribution >= 0.6 is 23.2 Å². The minimum absolute atomic E-state index is 0.0334. The Labute approximate surface area is 163 Å². The number of sulfonamides is 1. The predicted molar refractivity (Wildman–Crippen MR) is 106 cm³/mol. The molecule has 0 aromatic heterocycles. The van der Waals surface area contributed by atoms with Crippen LogP contribution in [0.3, 0.4) is 0 Å². The number of carbonyl (C=O) groups is 1. The van der Waals surface area contributed by atoms with Crippen molar-refractivity contribution in [2.75, 3.05) is 5.32 Å². The van der Waals surface area contributed by atoms with Crippen LogP contribution in [0.4, 0.5) is 5.69 Å². The highest BCUT2D eigenvalue weighted by Gasteiger charge is 2.23. The molecule has 0 aliphatic rings. The van der Waals surface area contributed by atoms with E-state index < -0.39 is 15.9 Å². The Morgan fingerprint density at radius 3 is 2.38 bits per heavy atom. The molecule has 0 atom stereocenters. The van der Waals surface area contributed by atoms with Crippen LogP contribution in [-0.2, 0) is 16.4 Å². The summed E-state index contributed by atoms with van der Waals surface area (Å²) in [7, 11) is -3.87. The molecule has 8 heteroatoms. The lowest BCUT2D eigenvalue weighted by Crippen LogP contribution is -2.30. The van der Waals surface area contributed by atoms with Crippen LogP contribution in [0.5, 0.6) is 0 Å². The van der Waals surface area contributed by atoms with Crippen LogP contribution in [-0.4, -0.2) is 20.4 Å². The molecule has 0 bridgehead atoms. The van der Waals surface area contributed by atoms with Gasteiger partial charge in [0, 0.05) is 11.7 Å². The number of nitrogens with one attached hydrogen (secondary N) is 2. The first kappa shape index (κ1) is 20.7. The quantitative estimate of drug-likeness (QED) is 0.730. The average molecular weight is 415 g/mol. The molecular formula is C18H20Cl2N2O3S. The Morgan fingerprint density at radius 1 is 1.12 bits per heavy atom. The number of rotatable bonds is 6. The largest absolute Gasteiger partial charge is 0.322 e. The van der Waals surface area contributed by atoms with Gasteiger partial charge in [0.2, 0.25) is 10.0 Å². The number of para-hydroxylation sites is 1. The van der Waals surface area contributed by atoms with Crippen molar-refractivity contribution in [3.05, 3.63) is 57.6 Å². The molecule has 0 saturated heterocycles. The van der Waals surface area contributed by atoms with E-state index in [-0.39, 0.29) is 26.5 Å². The van der Waals surface area contributed by atoms with Gasteiger partial charge in [-0.1, -0.05) is 48.3 Å². The number of benzene rings is 2.